The molecule has 0 aliphatic rings. The third-order valence-corrected chi connectivity index (χ3v) is 4.50. The van der Waals surface area contributed by atoms with E-state index in [2.05, 4.69) is 20.9 Å². The molecule has 156 valence electrons. The van der Waals surface area contributed by atoms with Crippen LogP contribution in [0.1, 0.15) is 36.3 Å². The summed E-state index contributed by atoms with van der Waals surface area (Å²) in [7, 11) is 0. The van der Waals surface area contributed by atoms with Crippen LogP contribution >= 0.6 is 0 Å². The molecular weight excluding hydrogens is 376 g/mol. The van der Waals surface area contributed by atoms with E-state index in [1.165, 1.54) is 4.68 Å². The number of aromatic nitrogens is 3. The molecule has 3 amide bonds. The zero-order valence-electron chi connectivity index (χ0n) is 16.5. The lowest BCUT2D eigenvalue weighted by Crippen LogP contribution is -2.32. The van der Waals surface area contributed by atoms with Crippen molar-refractivity contribution in [2.45, 2.75) is 26.7 Å². The molecule has 2 rings (SSSR count). The van der Waals surface area contributed by atoms with E-state index in [4.69, 9.17) is 10.8 Å². The molecule has 10 heteroatoms. The van der Waals surface area contributed by atoms with Crippen molar-refractivity contribution in [2.75, 3.05) is 13.1 Å². The third-order valence-electron chi connectivity index (χ3n) is 4.50. The SMILES string of the molecule is CC(C)C(CNC(=O)c1cccc(-n2cc(CCNC(N)=O)nn2)c1)CC(=O)O. The molecule has 5 N–H and O–H groups in total. The molecule has 1 aromatic carbocycles. The number of amides is 3. The maximum atomic E-state index is 12.5. The molecule has 1 unspecified atom stereocenters. The Bertz CT molecular complexity index is 864. The Hall–Kier alpha value is -3.43. The van der Waals surface area contributed by atoms with E-state index in [0.717, 1.165) is 0 Å². The number of carbonyl (C=O) groups is 3. The van der Waals surface area contributed by atoms with Crippen LogP contribution < -0.4 is 16.4 Å². The fourth-order valence-corrected chi connectivity index (χ4v) is 2.74. The number of carboxylic acid groups (broad SMARTS) is 1. The number of aliphatic carboxylic acids is 1. The first-order valence-corrected chi connectivity index (χ1v) is 9.31. The molecule has 0 aliphatic carbocycles. The molecule has 0 bridgehead atoms. The summed E-state index contributed by atoms with van der Waals surface area (Å²) in [6, 6.07) is 6.28. The molecule has 29 heavy (non-hydrogen) atoms. The molecule has 0 saturated carbocycles. The topological polar surface area (TPSA) is 152 Å². The van der Waals surface area contributed by atoms with Gasteiger partial charge in [-0.25, -0.2) is 9.48 Å². The Kier molecular flexibility index (Phi) is 7.70. The molecule has 1 atom stereocenters. The predicted octanol–water partition coefficient (Wildman–Crippen LogP) is 0.955. The lowest BCUT2D eigenvalue weighted by molar-refractivity contribution is -0.138. The minimum absolute atomic E-state index is 0.00430. The molecule has 0 aliphatic heterocycles. The molecule has 1 heterocycles. The normalized spacial score (nSPS) is 11.8. The van der Waals surface area contributed by atoms with Crippen molar-refractivity contribution < 1.29 is 19.5 Å². The van der Waals surface area contributed by atoms with E-state index in [9.17, 15) is 14.4 Å². The van der Waals surface area contributed by atoms with Gasteiger partial charge >= 0.3 is 12.0 Å². The number of urea groups is 1. The van der Waals surface area contributed by atoms with Gasteiger partial charge in [0.25, 0.3) is 5.91 Å². The smallest absolute Gasteiger partial charge is 0.312 e. The summed E-state index contributed by atoms with van der Waals surface area (Å²) in [6.45, 7) is 4.50. The quantitative estimate of drug-likeness (QED) is 0.464. The van der Waals surface area contributed by atoms with Crippen molar-refractivity contribution in [2.24, 2.45) is 17.6 Å². The largest absolute Gasteiger partial charge is 0.481 e. The highest BCUT2D eigenvalue weighted by molar-refractivity contribution is 5.94. The second kappa shape index (κ2) is 10.2. The van der Waals surface area contributed by atoms with Crippen LogP contribution in [0.15, 0.2) is 30.5 Å². The number of nitrogens with two attached hydrogens (primary N) is 1. The first-order valence-electron chi connectivity index (χ1n) is 9.31. The monoisotopic (exact) mass is 402 g/mol. The van der Waals surface area contributed by atoms with Crippen LogP contribution in [0.3, 0.4) is 0 Å². The average Bonchev–Trinajstić information content (AvgIpc) is 3.13. The number of carbonyl (C=O) groups excluding carboxylic acids is 2. The van der Waals surface area contributed by atoms with Gasteiger partial charge in [0.15, 0.2) is 0 Å². The van der Waals surface area contributed by atoms with E-state index in [1.807, 2.05) is 13.8 Å². The number of carboxylic acids is 1. The lowest BCUT2D eigenvalue weighted by atomic mass is 9.92. The van der Waals surface area contributed by atoms with E-state index >= 15 is 0 Å². The zero-order chi connectivity index (χ0) is 21.4. The van der Waals surface area contributed by atoms with E-state index in [1.54, 1.807) is 30.5 Å². The number of hydrogen-bond donors (Lipinski definition) is 4. The Morgan fingerprint density at radius 3 is 2.66 bits per heavy atom. The summed E-state index contributed by atoms with van der Waals surface area (Å²) in [6.07, 6.45) is 2.19. The van der Waals surface area contributed by atoms with E-state index in [-0.39, 0.29) is 30.7 Å². The Balaban J connectivity index is 2.01. The van der Waals surface area contributed by atoms with Gasteiger partial charge in [-0.15, -0.1) is 5.10 Å². The molecule has 0 spiro atoms. The number of primary amides is 1. The summed E-state index contributed by atoms with van der Waals surface area (Å²) in [5, 5.41) is 22.4. The van der Waals surface area contributed by atoms with Gasteiger partial charge in [0, 0.05) is 25.1 Å². The van der Waals surface area contributed by atoms with Gasteiger partial charge in [-0.1, -0.05) is 25.1 Å². The van der Waals surface area contributed by atoms with Crippen LogP contribution in [0.25, 0.3) is 5.69 Å². The molecule has 10 nitrogen and oxygen atoms in total. The number of nitrogens with one attached hydrogen (secondary N) is 2. The van der Waals surface area contributed by atoms with Crippen molar-refractivity contribution in [1.29, 1.82) is 0 Å². The van der Waals surface area contributed by atoms with Gasteiger partial charge in [-0.2, -0.15) is 0 Å². The van der Waals surface area contributed by atoms with E-state index in [0.29, 0.717) is 29.9 Å². The first kappa shape index (κ1) is 21.9. The van der Waals surface area contributed by atoms with Crippen molar-refractivity contribution in [3.63, 3.8) is 0 Å². The predicted molar refractivity (Wildman–Crippen MR) is 106 cm³/mol. The number of hydrogen-bond acceptors (Lipinski definition) is 5. The molecule has 2 aromatic rings. The van der Waals surface area contributed by atoms with Crippen LogP contribution in [-0.4, -0.2) is 51.1 Å². The third kappa shape index (κ3) is 6.91. The van der Waals surface area contributed by atoms with Gasteiger partial charge in [0.2, 0.25) is 0 Å². The van der Waals surface area contributed by atoms with Gasteiger partial charge in [-0.3, -0.25) is 9.59 Å². The number of nitrogens with zero attached hydrogens (tertiary/aromatic N) is 3. The molecular formula is C19H26N6O4. The second-order valence-electron chi connectivity index (χ2n) is 7.06. The summed E-state index contributed by atoms with van der Waals surface area (Å²) in [5.41, 5.74) is 6.79. The van der Waals surface area contributed by atoms with Gasteiger partial charge in [0.1, 0.15) is 0 Å². The maximum absolute atomic E-state index is 12.5. The molecule has 1 aromatic heterocycles. The highest BCUT2D eigenvalue weighted by Gasteiger charge is 2.18. The van der Waals surface area contributed by atoms with Crippen molar-refractivity contribution in [3.8, 4) is 5.69 Å². The standard InChI is InChI=1S/C19H26N6O4/c1-12(2)14(9-17(26)27)10-22-18(28)13-4-3-5-16(8-13)25-11-15(23-24-25)6-7-21-19(20)29/h3-5,8,11-12,14H,6-7,9-10H2,1-2H3,(H,22,28)(H,26,27)(H3,20,21,29). The Labute approximate surface area is 168 Å². The highest BCUT2D eigenvalue weighted by atomic mass is 16.4. The van der Waals surface area contributed by atoms with Crippen LogP contribution in [0.5, 0.6) is 0 Å². The molecule has 0 radical (unpaired) electrons. The fraction of sp³-hybridized carbons (Fsp3) is 0.421. The van der Waals surface area contributed by atoms with Crippen molar-refractivity contribution in [1.82, 2.24) is 25.6 Å². The Morgan fingerprint density at radius 2 is 2.00 bits per heavy atom. The number of benzene rings is 1. The van der Waals surface area contributed by atoms with Gasteiger partial charge in [-0.05, 0) is 30.0 Å². The van der Waals surface area contributed by atoms with Crippen LogP contribution in [0, 0.1) is 11.8 Å². The van der Waals surface area contributed by atoms with Crippen LogP contribution in [0.2, 0.25) is 0 Å². The summed E-state index contributed by atoms with van der Waals surface area (Å²) in [5.74, 6) is -1.18. The van der Waals surface area contributed by atoms with Gasteiger partial charge in [0.05, 0.1) is 24.0 Å². The summed E-state index contributed by atoms with van der Waals surface area (Å²) < 4.78 is 1.54. The first-order chi connectivity index (χ1) is 13.8. The molecule has 0 fully saturated rings. The summed E-state index contributed by atoms with van der Waals surface area (Å²) >= 11 is 0. The Morgan fingerprint density at radius 1 is 1.24 bits per heavy atom. The van der Waals surface area contributed by atoms with Crippen molar-refractivity contribution >= 4 is 17.9 Å². The fourth-order valence-electron chi connectivity index (χ4n) is 2.74. The average molecular weight is 402 g/mol. The lowest BCUT2D eigenvalue weighted by Gasteiger charge is -2.19. The van der Waals surface area contributed by atoms with Crippen LogP contribution in [-0.2, 0) is 11.2 Å². The maximum Gasteiger partial charge on any atom is 0.312 e. The van der Waals surface area contributed by atoms with Crippen LogP contribution in [0.4, 0.5) is 4.79 Å². The molecule has 0 saturated heterocycles. The van der Waals surface area contributed by atoms with Crippen molar-refractivity contribution in [3.05, 3.63) is 41.7 Å². The highest BCUT2D eigenvalue weighted by Crippen LogP contribution is 2.15. The summed E-state index contributed by atoms with van der Waals surface area (Å²) in [4.78, 5) is 34.2. The number of rotatable bonds is 10. The zero-order valence-corrected chi connectivity index (χ0v) is 16.5. The minimum Gasteiger partial charge on any atom is -0.481 e. The van der Waals surface area contributed by atoms with Gasteiger partial charge < -0.3 is 21.5 Å². The van der Waals surface area contributed by atoms with E-state index < -0.39 is 12.0 Å². The minimum atomic E-state index is -0.882. The second-order valence-corrected chi connectivity index (χ2v) is 7.06.